The Bertz CT molecular complexity index is 882. The number of thioether (sulfide) groups is 1. The smallest absolute Gasteiger partial charge is 0.277 e. The molecule has 0 atom stereocenters. The molecular weight excluding hydrogens is 386 g/mol. The van der Waals surface area contributed by atoms with Gasteiger partial charge < -0.3 is 14.5 Å². The van der Waals surface area contributed by atoms with Crippen molar-refractivity contribution in [1.29, 1.82) is 0 Å². The summed E-state index contributed by atoms with van der Waals surface area (Å²) >= 11 is 7.07. The van der Waals surface area contributed by atoms with E-state index in [4.69, 9.17) is 20.8 Å². The van der Waals surface area contributed by atoms with Crippen molar-refractivity contribution in [3.8, 4) is 17.2 Å². The van der Waals surface area contributed by atoms with Crippen molar-refractivity contribution in [2.24, 2.45) is 0 Å². The zero-order valence-corrected chi connectivity index (χ0v) is 16.2. The van der Waals surface area contributed by atoms with Gasteiger partial charge in [0, 0.05) is 17.1 Å². The highest BCUT2D eigenvalue weighted by molar-refractivity contribution is 7.99. The van der Waals surface area contributed by atoms with E-state index in [-0.39, 0.29) is 11.7 Å². The topological polar surface area (TPSA) is 77.2 Å². The Labute approximate surface area is 166 Å². The van der Waals surface area contributed by atoms with E-state index >= 15 is 0 Å². The largest absolute Gasteiger partial charge is 0.497 e. The summed E-state index contributed by atoms with van der Waals surface area (Å²) in [5.74, 6) is 1.34. The van der Waals surface area contributed by atoms with Gasteiger partial charge in [-0.25, -0.2) is 0 Å². The molecule has 0 spiro atoms. The van der Waals surface area contributed by atoms with Crippen LogP contribution in [-0.4, -0.2) is 35.5 Å². The number of halogens is 1. The molecule has 0 saturated carbocycles. The SMILES string of the molecule is COc1ccc(CCNC(=O)CSc2nnc(-c3ccc(Cl)cc3)o2)cc1. The van der Waals surface area contributed by atoms with Crippen LogP contribution in [0.5, 0.6) is 5.75 Å². The Hall–Kier alpha value is -2.51. The van der Waals surface area contributed by atoms with Crippen LogP contribution in [0.15, 0.2) is 58.2 Å². The Morgan fingerprint density at radius 3 is 2.59 bits per heavy atom. The lowest BCUT2D eigenvalue weighted by molar-refractivity contribution is -0.118. The quantitative estimate of drug-likeness (QED) is 0.575. The van der Waals surface area contributed by atoms with Crippen molar-refractivity contribution < 1.29 is 13.9 Å². The third kappa shape index (κ3) is 5.74. The molecule has 6 nitrogen and oxygen atoms in total. The predicted molar refractivity (Wildman–Crippen MR) is 105 cm³/mol. The van der Waals surface area contributed by atoms with E-state index < -0.39 is 0 Å². The summed E-state index contributed by atoms with van der Waals surface area (Å²) in [5.41, 5.74) is 1.91. The van der Waals surface area contributed by atoms with Gasteiger partial charge in [0.15, 0.2) is 0 Å². The van der Waals surface area contributed by atoms with Gasteiger partial charge in [0.05, 0.1) is 12.9 Å². The van der Waals surface area contributed by atoms with E-state index in [1.807, 2.05) is 24.3 Å². The Morgan fingerprint density at radius 1 is 1.15 bits per heavy atom. The first-order chi connectivity index (χ1) is 13.1. The molecular formula is C19H18ClN3O3S. The molecule has 0 aliphatic carbocycles. The Balaban J connectivity index is 1.42. The molecule has 8 heteroatoms. The normalized spacial score (nSPS) is 10.6. The van der Waals surface area contributed by atoms with Crippen LogP contribution in [0.2, 0.25) is 5.02 Å². The number of amides is 1. The lowest BCUT2D eigenvalue weighted by Crippen LogP contribution is -2.27. The molecule has 1 aromatic heterocycles. The molecule has 2 aromatic carbocycles. The predicted octanol–water partition coefficient (Wildman–Crippen LogP) is 3.85. The minimum atomic E-state index is -0.0836. The second kappa shape index (κ2) is 9.43. The van der Waals surface area contributed by atoms with Crippen LogP contribution in [0.1, 0.15) is 5.56 Å². The molecule has 0 unspecified atom stereocenters. The van der Waals surface area contributed by atoms with Gasteiger partial charge in [-0.3, -0.25) is 4.79 Å². The van der Waals surface area contributed by atoms with Gasteiger partial charge in [-0.2, -0.15) is 0 Å². The summed E-state index contributed by atoms with van der Waals surface area (Å²) < 4.78 is 10.7. The molecule has 0 radical (unpaired) electrons. The standard InChI is InChI=1S/C19H18ClN3O3S/c1-25-16-8-2-13(3-9-16)10-11-21-17(24)12-27-19-23-22-18(26-19)14-4-6-15(20)7-5-14/h2-9H,10-12H2,1H3,(H,21,24). The van der Waals surface area contributed by atoms with Crippen LogP contribution < -0.4 is 10.1 Å². The number of ether oxygens (including phenoxy) is 1. The van der Waals surface area contributed by atoms with Crippen LogP contribution in [0.4, 0.5) is 0 Å². The van der Waals surface area contributed by atoms with E-state index in [2.05, 4.69) is 15.5 Å². The van der Waals surface area contributed by atoms with Gasteiger partial charge in [-0.05, 0) is 48.4 Å². The third-order valence-corrected chi connectivity index (χ3v) is 4.79. The number of hydrogen-bond donors (Lipinski definition) is 1. The summed E-state index contributed by atoms with van der Waals surface area (Å²) in [6.45, 7) is 0.561. The number of carbonyl (C=O) groups excluding carboxylic acids is 1. The number of methoxy groups -OCH3 is 1. The fraction of sp³-hybridized carbons (Fsp3) is 0.211. The second-order valence-electron chi connectivity index (χ2n) is 5.62. The van der Waals surface area contributed by atoms with Gasteiger partial charge in [0.1, 0.15) is 5.75 Å². The van der Waals surface area contributed by atoms with Crippen molar-refractivity contribution in [3.63, 3.8) is 0 Å². The number of hydrogen-bond acceptors (Lipinski definition) is 6. The van der Waals surface area contributed by atoms with Crippen molar-refractivity contribution in [2.45, 2.75) is 11.6 Å². The first kappa shape index (κ1) is 19.3. The van der Waals surface area contributed by atoms with E-state index in [0.29, 0.717) is 22.7 Å². The molecule has 140 valence electrons. The Kier molecular flexibility index (Phi) is 6.73. The minimum Gasteiger partial charge on any atom is -0.497 e. The van der Waals surface area contributed by atoms with E-state index in [1.54, 1.807) is 31.4 Å². The fourth-order valence-electron chi connectivity index (χ4n) is 2.29. The molecule has 0 fully saturated rings. The molecule has 0 bridgehead atoms. The highest BCUT2D eigenvalue weighted by Crippen LogP contribution is 2.24. The van der Waals surface area contributed by atoms with E-state index in [9.17, 15) is 4.79 Å². The molecule has 0 aliphatic rings. The lowest BCUT2D eigenvalue weighted by atomic mass is 10.1. The van der Waals surface area contributed by atoms with Crippen LogP contribution >= 0.6 is 23.4 Å². The summed E-state index contributed by atoms with van der Waals surface area (Å²) in [5, 5.41) is 11.8. The summed E-state index contributed by atoms with van der Waals surface area (Å²) in [6, 6.07) is 14.9. The summed E-state index contributed by atoms with van der Waals surface area (Å²) in [6.07, 6.45) is 0.752. The number of rotatable bonds is 8. The maximum atomic E-state index is 12.0. The first-order valence-corrected chi connectivity index (χ1v) is 9.62. The zero-order chi connectivity index (χ0) is 19.1. The molecule has 27 heavy (non-hydrogen) atoms. The summed E-state index contributed by atoms with van der Waals surface area (Å²) in [7, 11) is 1.63. The van der Waals surface area contributed by atoms with Crippen LogP contribution in [0.3, 0.4) is 0 Å². The number of nitrogens with zero attached hydrogens (tertiary/aromatic N) is 2. The average molecular weight is 404 g/mol. The van der Waals surface area contributed by atoms with Gasteiger partial charge in [-0.1, -0.05) is 35.5 Å². The lowest BCUT2D eigenvalue weighted by Gasteiger charge is -2.05. The van der Waals surface area contributed by atoms with E-state index in [0.717, 1.165) is 23.3 Å². The highest BCUT2D eigenvalue weighted by Gasteiger charge is 2.11. The van der Waals surface area contributed by atoms with Crippen LogP contribution in [0.25, 0.3) is 11.5 Å². The monoisotopic (exact) mass is 403 g/mol. The van der Waals surface area contributed by atoms with Gasteiger partial charge in [0.25, 0.3) is 5.22 Å². The number of aromatic nitrogens is 2. The molecule has 0 aliphatic heterocycles. The molecule has 3 rings (SSSR count). The first-order valence-electron chi connectivity index (χ1n) is 8.26. The van der Waals surface area contributed by atoms with Crippen LogP contribution in [-0.2, 0) is 11.2 Å². The molecule has 3 aromatic rings. The number of carbonyl (C=O) groups is 1. The molecule has 1 N–H and O–H groups in total. The van der Waals surface area contributed by atoms with Crippen LogP contribution in [0, 0.1) is 0 Å². The van der Waals surface area contributed by atoms with Gasteiger partial charge in [-0.15, -0.1) is 10.2 Å². The van der Waals surface area contributed by atoms with E-state index in [1.165, 1.54) is 11.8 Å². The summed E-state index contributed by atoms with van der Waals surface area (Å²) in [4.78, 5) is 12.0. The maximum Gasteiger partial charge on any atom is 0.277 e. The van der Waals surface area contributed by atoms with Gasteiger partial charge >= 0.3 is 0 Å². The van der Waals surface area contributed by atoms with Crippen molar-refractivity contribution >= 4 is 29.3 Å². The van der Waals surface area contributed by atoms with Gasteiger partial charge in [0.2, 0.25) is 11.8 Å². The Morgan fingerprint density at radius 2 is 1.89 bits per heavy atom. The highest BCUT2D eigenvalue weighted by atomic mass is 35.5. The minimum absolute atomic E-state index is 0.0836. The third-order valence-electron chi connectivity index (χ3n) is 3.72. The molecule has 0 saturated heterocycles. The van der Waals surface area contributed by atoms with Crippen molar-refractivity contribution in [2.75, 3.05) is 19.4 Å². The maximum absolute atomic E-state index is 12.0. The van der Waals surface area contributed by atoms with Crippen molar-refractivity contribution in [3.05, 3.63) is 59.1 Å². The zero-order valence-electron chi connectivity index (χ0n) is 14.6. The molecule has 1 heterocycles. The second-order valence-corrected chi connectivity index (χ2v) is 6.98. The number of nitrogens with one attached hydrogen (secondary N) is 1. The fourth-order valence-corrected chi connectivity index (χ4v) is 3.01. The van der Waals surface area contributed by atoms with Crippen molar-refractivity contribution in [1.82, 2.24) is 15.5 Å². The number of benzene rings is 2. The average Bonchev–Trinajstić information content (AvgIpc) is 3.16. The molecule has 1 amide bonds.